The maximum absolute atomic E-state index is 13.6. The predicted octanol–water partition coefficient (Wildman–Crippen LogP) is 4.28. The van der Waals surface area contributed by atoms with E-state index in [4.69, 9.17) is 0 Å². The summed E-state index contributed by atoms with van der Waals surface area (Å²) < 4.78 is 13.6. The van der Waals surface area contributed by atoms with Gasteiger partial charge in [0.2, 0.25) is 0 Å². The van der Waals surface area contributed by atoms with Gasteiger partial charge in [0.15, 0.2) is 5.82 Å². The molecule has 0 aliphatic heterocycles. The van der Waals surface area contributed by atoms with Crippen molar-refractivity contribution >= 4 is 33.3 Å². The first-order valence-corrected chi connectivity index (χ1v) is 7.31. The number of halogens is 1. The second-order valence-corrected chi connectivity index (χ2v) is 5.34. The van der Waals surface area contributed by atoms with E-state index in [0.29, 0.717) is 11.5 Å². The molecule has 23 heavy (non-hydrogen) atoms. The molecule has 3 aromatic heterocycles. The first-order valence-electron chi connectivity index (χ1n) is 7.31. The van der Waals surface area contributed by atoms with Gasteiger partial charge in [0, 0.05) is 23.5 Å². The van der Waals surface area contributed by atoms with E-state index in [9.17, 15) is 4.39 Å². The number of rotatable bonds is 3. The average molecular weight is 307 g/mol. The molecule has 0 amide bonds. The Morgan fingerprint density at radius 1 is 1.13 bits per heavy atom. The monoisotopic (exact) mass is 307 g/mol. The second kappa shape index (κ2) is 5.31. The molecule has 0 radical (unpaired) electrons. The minimum absolute atomic E-state index is 0.459. The van der Waals surface area contributed by atoms with Gasteiger partial charge in [0.05, 0.1) is 11.2 Å². The Balaban J connectivity index is 1.75. The number of H-pyrrole nitrogens is 1. The highest BCUT2D eigenvalue weighted by Crippen LogP contribution is 2.28. The number of nitrogens with one attached hydrogen (secondary N) is 2. The molecule has 1 atom stereocenters. The van der Waals surface area contributed by atoms with Gasteiger partial charge in [-0.1, -0.05) is 6.07 Å². The fourth-order valence-corrected chi connectivity index (χ4v) is 2.67. The van der Waals surface area contributed by atoms with E-state index in [0.717, 1.165) is 27.5 Å². The molecule has 0 aliphatic rings. The average Bonchev–Trinajstić information content (AvgIpc) is 2.97. The van der Waals surface area contributed by atoms with E-state index in [1.165, 1.54) is 6.92 Å². The molecular weight excluding hydrogens is 293 g/mol. The summed E-state index contributed by atoms with van der Waals surface area (Å²) in [5.41, 5.74) is 2.97. The fraction of sp³-hybridized carbons (Fsp3) is 0.118. The van der Waals surface area contributed by atoms with Gasteiger partial charge in [-0.25, -0.2) is 4.39 Å². The minimum Gasteiger partial charge on any atom is -0.337 e. The van der Waals surface area contributed by atoms with Crippen LogP contribution in [0.3, 0.4) is 0 Å². The van der Waals surface area contributed by atoms with Gasteiger partial charge in [-0.05, 0) is 42.6 Å². The zero-order valence-electron chi connectivity index (χ0n) is 12.4. The SMILES string of the molecule is CC(F)c1nccc2cc(Nc3n[nH]c4cccnc34)ccc12. The van der Waals surface area contributed by atoms with Crippen molar-refractivity contribution in [3.8, 4) is 0 Å². The van der Waals surface area contributed by atoms with Crippen LogP contribution in [0.2, 0.25) is 0 Å². The summed E-state index contributed by atoms with van der Waals surface area (Å²) in [5.74, 6) is 0.660. The molecule has 4 aromatic rings. The lowest BCUT2D eigenvalue weighted by Crippen LogP contribution is -1.95. The highest BCUT2D eigenvalue weighted by molar-refractivity contribution is 5.91. The third-order valence-electron chi connectivity index (χ3n) is 3.75. The summed E-state index contributed by atoms with van der Waals surface area (Å²) in [6.45, 7) is 1.50. The first-order chi connectivity index (χ1) is 11.2. The summed E-state index contributed by atoms with van der Waals surface area (Å²) in [6, 6.07) is 11.4. The normalized spacial score (nSPS) is 12.6. The van der Waals surface area contributed by atoms with Crippen LogP contribution < -0.4 is 5.32 Å². The highest BCUT2D eigenvalue weighted by atomic mass is 19.1. The number of aromatic nitrogens is 4. The Labute approximate surface area is 131 Å². The van der Waals surface area contributed by atoms with Gasteiger partial charge in [0.25, 0.3) is 0 Å². The number of benzene rings is 1. The Morgan fingerprint density at radius 3 is 2.91 bits per heavy atom. The lowest BCUT2D eigenvalue weighted by atomic mass is 10.1. The van der Waals surface area contributed by atoms with Crippen molar-refractivity contribution in [3.63, 3.8) is 0 Å². The Bertz CT molecular complexity index is 993. The standard InChI is InChI=1S/C17H14FN5/c1-10(18)15-13-5-4-12(9-11(13)6-8-20-15)21-17-16-14(22-23-17)3-2-7-19-16/h2-10H,1H3,(H2,21,22,23). The maximum Gasteiger partial charge on any atom is 0.178 e. The summed E-state index contributed by atoms with van der Waals surface area (Å²) in [7, 11) is 0. The molecule has 6 heteroatoms. The van der Waals surface area contributed by atoms with Crippen molar-refractivity contribution in [2.24, 2.45) is 0 Å². The zero-order chi connectivity index (χ0) is 15.8. The molecular formula is C17H14FN5. The fourth-order valence-electron chi connectivity index (χ4n) is 2.67. The molecule has 5 nitrogen and oxygen atoms in total. The lowest BCUT2D eigenvalue weighted by Gasteiger charge is -2.09. The molecule has 0 saturated carbocycles. The molecule has 1 unspecified atom stereocenters. The summed E-state index contributed by atoms with van der Waals surface area (Å²) >= 11 is 0. The van der Waals surface area contributed by atoms with Gasteiger partial charge >= 0.3 is 0 Å². The molecule has 0 fully saturated rings. The van der Waals surface area contributed by atoms with Crippen molar-refractivity contribution < 1.29 is 4.39 Å². The van der Waals surface area contributed by atoms with Crippen molar-refractivity contribution in [1.82, 2.24) is 20.2 Å². The first kappa shape index (κ1) is 13.6. The van der Waals surface area contributed by atoms with E-state index >= 15 is 0 Å². The van der Waals surface area contributed by atoms with E-state index in [-0.39, 0.29) is 0 Å². The van der Waals surface area contributed by atoms with Crippen molar-refractivity contribution in [3.05, 3.63) is 54.5 Å². The van der Waals surface area contributed by atoms with Crippen LogP contribution in [0.4, 0.5) is 15.9 Å². The third-order valence-corrected chi connectivity index (χ3v) is 3.75. The van der Waals surface area contributed by atoms with Crippen LogP contribution in [0, 0.1) is 0 Å². The number of alkyl halides is 1. The number of pyridine rings is 2. The number of anilines is 2. The molecule has 0 bridgehead atoms. The predicted molar refractivity (Wildman–Crippen MR) is 88.4 cm³/mol. The summed E-state index contributed by atoms with van der Waals surface area (Å²) in [6.07, 6.45) is 2.25. The largest absolute Gasteiger partial charge is 0.337 e. The van der Waals surface area contributed by atoms with E-state index in [1.54, 1.807) is 12.4 Å². The lowest BCUT2D eigenvalue weighted by molar-refractivity contribution is 0.368. The van der Waals surface area contributed by atoms with Gasteiger partial charge in [-0.15, -0.1) is 0 Å². The second-order valence-electron chi connectivity index (χ2n) is 5.34. The molecule has 3 heterocycles. The van der Waals surface area contributed by atoms with E-state index < -0.39 is 6.17 Å². The molecule has 0 spiro atoms. The summed E-state index contributed by atoms with van der Waals surface area (Å²) in [4.78, 5) is 8.45. The molecule has 1 aromatic carbocycles. The molecule has 114 valence electrons. The van der Waals surface area contributed by atoms with Crippen molar-refractivity contribution in [2.45, 2.75) is 13.1 Å². The third kappa shape index (κ3) is 2.38. The maximum atomic E-state index is 13.6. The molecule has 0 saturated heterocycles. The number of hydrogen-bond donors (Lipinski definition) is 2. The number of hydrogen-bond acceptors (Lipinski definition) is 4. The minimum atomic E-state index is -1.10. The van der Waals surface area contributed by atoms with Crippen LogP contribution in [0.1, 0.15) is 18.8 Å². The highest BCUT2D eigenvalue weighted by Gasteiger charge is 2.11. The topological polar surface area (TPSA) is 66.5 Å². The van der Waals surface area contributed by atoms with Gasteiger partial charge < -0.3 is 5.32 Å². The van der Waals surface area contributed by atoms with E-state index in [2.05, 4.69) is 25.5 Å². The van der Waals surface area contributed by atoms with Crippen molar-refractivity contribution in [2.75, 3.05) is 5.32 Å². The van der Waals surface area contributed by atoms with Gasteiger partial charge in [-0.2, -0.15) is 5.10 Å². The van der Waals surface area contributed by atoms with Crippen LogP contribution in [0.25, 0.3) is 21.8 Å². The Kier molecular flexibility index (Phi) is 3.15. The number of nitrogens with zero attached hydrogens (tertiary/aromatic N) is 3. The summed E-state index contributed by atoms with van der Waals surface area (Å²) in [5, 5.41) is 12.2. The van der Waals surface area contributed by atoms with E-state index in [1.807, 2.05) is 36.4 Å². The Hall–Kier alpha value is -3.02. The number of aromatic amines is 1. The number of fused-ring (bicyclic) bond motifs is 2. The smallest absolute Gasteiger partial charge is 0.178 e. The molecule has 2 N–H and O–H groups in total. The van der Waals surface area contributed by atoms with Gasteiger partial charge in [-0.3, -0.25) is 15.1 Å². The van der Waals surface area contributed by atoms with Gasteiger partial charge in [0.1, 0.15) is 11.7 Å². The van der Waals surface area contributed by atoms with Crippen LogP contribution >= 0.6 is 0 Å². The van der Waals surface area contributed by atoms with Crippen LogP contribution in [-0.4, -0.2) is 20.2 Å². The zero-order valence-corrected chi connectivity index (χ0v) is 12.4. The van der Waals surface area contributed by atoms with Crippen LogP contribution in [-0.2, 0) is 0 Å². The molecule has 0 aliphatic carbocycles. The van der Waals surface area contributed by atoms with Crippen LogP contribution in [0.5, 0.6) is 0 Å². The van der Waals surface area contributed by atoms with Crippen molar-refractivity contribution in [1.29, 1.82) is 0 Å². The Morgan fingerprint density at radius 2 is 2.04 bits per heavy atom. The van der Waals surface area contributed by atoms with Crippen LogP contribution in [0.15, 0.2) is 48.8 Å². The quantitative estimate of drug-likeness (QED) is 0.593. The molecule has 4 rings (SSSR count).